The van der Waals surface area contributed by atoms with Crippen LogP contribution in [-0.4, -0.2) is 17.5 Å². The number of benzene rings is 1. The summed E-state index contributed by atoms with van der Waals surface area (Å²) in [5, 5.41) is 0.610. The van der Waals surface area contributed by atoms with Crippen molar-refractivity contribution in [3.8, 4) is 5.75 Å². The third-order valence-electron chi connectivity index (χ3n) is 3.08. The van der Waals surface area contributed by atoms with Crippen molar-refractivity contribution in [1.82, 2.24) is 4.98 Å². The van der Waals surface area contributed by atoms with Gasteiger partial charge in [-0.25, -0.2) is 4.98 Å². The first-order valence-corrected chi connectivity index (χ1v) is 7.63. The smallest absolute Gasteiger partial charge is 0.265 e. The van der Waals surface area contributed by atoms with E-state index >= 15 is 0 Å². The maximum absolute atomic E-state index is 12.1. The van der Waals surface area contributed by atoms with E-state index in [1.165, 1.54) is 0 Å². The van der Waals surface area contributed by atoms with Crippen LogP contribution in [0.3, 0.4) is 0 Å². The fourth-order valence-electron chi connectivity index (χ4n) is 2.08. The van der Waals surface area contributed by atoms with Gasteiger partial charge < -0.3 is 9.64 Å². The van der Waals surface area contributed by atoms with Gasteiger partial charge in [0.05, 0.1) is 12.2 Å². The number of carbonyl (C=O) groups excluding carboxylic acids is 1. The minimum absolute atomic E-state index is 0.00721. The van der Waals surface area contributed by atoms with Crippen molar-refractivity contribution < 1.29 is 9.53 Å². The highest BCUT2D eigenvalue weighted by atomic mass is 79.9. The SMILES string of the molecule is O=C1COc2ccc(Br)cc2N1Cc1ccc(Cl)nc1Cl. The van der Waals surface area contributed by atoms with Crippen molar-refractivity contribution in [1.29, 1.82) is 0 Å². The van der Waals surface area contributed by atoms with Gasteiger partial charge in [0.1, 0.15) is 16.1 Å². The predicted molar refractivity (Wildman–Crippen MR) is 85.1 cm³/mol. The summed E-state index contributed by atoms with van der Waals surface area (Å²) in [5.74, 6) is 0.530. The average Bonchev–Trinajstić information content (AvgIpc) is 2.44. The van der Waals surface area contributed by atoms with Crippen molar-refractivity contribution in [2.75, 3.05) is 11.5 Å². The average molecular weight is 388 g/mol. The minimum atomic E-state index is -0.133. The summed E-state index contributed by atoms with van der Waals surface area (Å²) in [6.45, 7) is 0.321. The first-order valence-electron chi connectivity index (χ1n) is 6.08. The van der Waals surface area contributed by atoms with Crippen LogP contribution < -0.4 is 9.64 Å². The molecular formula is C14H9BrCl2N2O2. The number of carbonyl (C=O) groups is 1. The molecule has 2 aromatic rings. The summed E-state index contributed by atoms with van der Waals surface area (Å²) in [6, 6.07) is 8.93. The van der Waals surface area contributed by atoms with Crippen LogP contribution in [0, 0.1) is 0 Å². The molecule has 108 valence electrons. The summed E-state index contributed by atoms with van der Waals surface area (Å²) < 4.78 is 6.29. The monoisotopic (exact) mass is 386 g/mol. The van der Waals surface area contributed by atoms with Gasteiger partial charge in [0, 0.05) is 10.0 Å². The van der Waals surface area contributed by atoms with Gasteiger partial charge in [-0.15, -0.1) is 0 Å². The van der Waals surface area contributed by atoms with E-state index in [0.717, 1.165) is 10.0 Å². The quantitative estimate of drug-likeness (QED) is 0.729. The van der Waals surface area contributed by atoms with Gasteiger partial charge in [-0.05, 0) is 24.3 Å². The van der Waals surface area contributed by atoms with Gasteiger partial charge in [0.25, 0.3) is 5.91 Å². The first kappa shape index (κ1) is 14.6. The molecule has 0 bridgehead atoms. The second-order valence-electron chi connectivity index (χ2n) is 4.46. The Morgan fingerprint density at radius 3 is 2.86 bits per heavy atom. The molecule has 0 saturated heterocycles. The molecule has 21 heavy (non-hydrogen) atoms. The van der Waals surface area contributed by atoms with E-state index in [-0.39, 0.29) is 12.5 Å². The molecule has 0 spiro atoms. The molecule has 1 aromatic carbocycles. The van der Waals surface area contributed by atoms with Crippen LogP contribution in [0.1, 0.15) is 5.56 Å². The van der Waals surface area contributed by atoms with Crippen LogP contribution >= 0.6 is 39.1 Å². The number of anilines is 1. The molecule has 1 amide bonds. The Morgan fingerprint density at radius 2 is 2.10 bits per heavy atom. The number of aromatic nitrogens is 1. The highest BCUT2D eigenvalue weighted by Gasteiger charge is 2.26. The number of pyridine rings is 1. The Labute approximate surface area is 139 Å². The number of hydrogen-bond acceptors (Lipinski definition) is 3. The van der Waals surface area contributed by atoms with E-state index < -0.39 is 0 Å². The van der Waals surface area contributed by atoms with Crippen LogP contribution in [0.5, 0.6) is 5.75 Å². The van der Waals surface area contributed by atoms with Crippen molar-refractivity contribution in [3.05, 3.63) is 50.7 Å². The number of fused-ring (bicyclic) bond motifs is 1. The fraction of sp³-hybridized carbons (Fsp3) is 0.143. The van der Waals surface area contributed by atoms with Crippen LogP contribution in [-0.2, 0) is 11.3 Å². The van der Waals surface area contributed by atoms with Gasteiger partial charge in [-0.2, -0.15) is 0 Å². The molecule has 4 nitrogen and oxygen atoms in total. The summed E-state index contributed by atoms with van der Waals surface area (Å²) in [7, 11) is 0. The number of ether oxygens (including phenoxy) is 1. The van der Waals surface area contributed by atoms with E-state index in [4.69, 9.17) is 27.9 Å². The Morgan fingerprint density at radius 1 is 1.29 bits per heavy atom. The highest BCUT2D eigenvalue weighted by molar-refractivity contribution is 9.10. The molecule has 0 N–H and O–H groups in total. The molecule has 0 fully saturated rings. The van der Waals surface area contributed by atoms with Crippen molar-refractivity contribution in [2.24, 2.45) is 0 Å². The van der Waals surface area contributed by atoms with E-state index in [0.29, 0.717) is 28.3 Å². The van der Waals surface area contributed by atoms with Gasteiger partial charge in [-0.1, -0.05) is 45.2 Å². The summed E-state index contributed by atoms with van der Waals surface area (Å²) in [4.78, 5) is 17.8. The lowest BCUT2D eigenvalue weighted by Gasteiger charge is -2.29. The first-order chi connectivity index (χ1) is 10.0. The number of nitrogens with zero attached hydrogens (tertiary/aromatic N) is 2. The van der Waals surface area contributed by atoms with Crippen molar-refractivity contribution >= 4 is 50.7 Å². The number of amides is 1. The van der Waals surface area contributed by atoms with Crippen molar-refractivity contribution in [3.63, 3.8) is 0 Å². The number of halogens is 3. The zero-order valence-corrected chi connectivity index (χ0v) is 13.7. The van der Waals surface area contributed by atoms with Gasteiger partial charge in [0.2, 0.25) is 0 Å². The Balaban J connectivity index is 1.98. The molecule has 0 aliphatic carbocycles. The van der Waals surface area contributed by atoms with E-state index in [9.17, 15) is 4.79 Å². The standard InChI is InChI=1S/C14H9BrCl2N2O2/c15-9-2-3-11-10(5-9)19(13(20)7-21-11)6-8-1-4-12(16)18-14(8)17/h1-5H,6-7H2. The Kier molecular flexibility index (Phi) is 4.06. The largest absolute Gasteiger partial charge is 0.482 e. The molecule has 2 heterocycles. The lowest BCUT2D eigenvalue weighted by atomic mass is 10.2. The Bertz CT molecular complexity index is 724. The maximum atomic E-state index is 12.1. The molecule has 0 unspecified atom stereocenters. The number of hydrogen-bond donors (Lipinski definition) is 0. The summed E-state index contributed by atoms with van der Waals surface area (Å²) in [6.07, 6.45) is 0. The summed E-state index contributed by atoms with van der Waals surface area (Å²) in [5.41, 5.74) is 1.42. The molecule has 1 aromatic heterocycles. The zero-order valence-electron chi connectivity index (χ0n) is 10.6. The lowest BCUT2D eigenvalue weighted by molar-refractivity contribution is -0.121. The van der Waals surface area contributed by atoms with Crippen molar-refractivity contribution in [2.45, 2.75) is 6.54 Å². The molecule has 0 atom stereocenters. The molecular weight excluding hydrogens is 379 g/mol. The normalized spacial score (nSPS) is 13.9. The van der Waals surface area contributed by atoms with Gasteiger partial charge in [0.15, 0.2) is 6.61 Å². The number of rotatable bonds is 2. The fourth-order valence-corrected chi connectivity index (χ4v) is 2.83. The minimum Gasteiger partial charge on any atom is -0.482 e. The zero-order chi connectivity index (χ0) is 15.0. The third kappa shape index (κ3) is 3.00. The van der Waals surface area contributed by atoms with E-state index in [1.807, 2.05) is 18.2 Å². The molecule has 7 heteroatoms. The van der Waals surface area contributed by atoms with Gasteiger partial charge in [-0.3, -0.25) is 4.79 Å². The second-order valence-corrected chi connectivity index (χ2v) is 6.13. The lowest BCUT2D eigenvalue weighted by Crippen LogP contribution is -2.38. The predicted octanol–water partition coefficient (Wildman–Crippen LogP) is 4.08. The third-order valence-corrected chi connectivity index (χ3v) is 4.12. The molecule has 1 aliphatic heterocycles. The van der Waals surface area contributed by atoms with E-state index in [2.05, 4.69) is 20.9 Å². The Hall–Kier alpha value is -1.30. The topological polar surface area (TPSA) is 42.4 Å². The van der Waals surface area contributed by atoms with Crippen LogP contribution in [0.25, 0.3) is 0 Å². The molecule has 1 aliphatic rings. The highest BCUT2D eigenvalue weighted by Crippen LogP contribution is 2.36. The molecule has 3 rings (SSSR count). The van der Waals surface area contributed by atoms with Crippen LogP contribution in [0.4, 0.5) is 5.69 Å². The maximum Gasteiger partial charge on any atom is 0.265 e. The van der Waals surface area contributed by atoms with Crippen LogP contribution in [0.2, 0.25) is 10.3 Å². The summed E-state index contributed by atoms with van der Waals surface area (Å²) >= 11 is 15.3. The molecule has 0 radical (unpaired) electrons. The second kappa shape index (κ2) is 5.83. The van der Waals surface area contributed by atoms with Crippen LogP contribution in [0.15, 0.2) is 34.8 Å². The van der Waals surface area contributed by atoms with Gasteiger partial charge >= 0.3 is 0 Å². The van der Waals surface area contributed by atoms with E-state index in [1.54, 1.807) is 17.0 Å². The molecule has 0 saturated carbocycles.